The van der Waals surface area contributed by atoms with Crippen molar-refractivity contribution in [3.63, 3.8) is 0 Å². The molecule has 16 heavy (non-hydrogen) atoms. The number of ether oxygens (including phenoxy) is 1. The monoisotopic (exact) mass is 229 g/mol. The van der Waals surface area contributed by atoms with Crippen LogP contribution >= 0.6 is 0 Å². The molecular weight excluding hydrogens is 206 g/mol. The molecule has 0 aromatic rings. The zero-order chi connectivity index (χ0) is 12.3. The van der Waals surface area contributed by atoms with Crippen molar-refractivity contribution in [1.29, 1.82) is 0 Å². The predicted molar refractivity (Wildman–Crippen MR) is 62.0 cm³/mol. The highest BCUT2D eigenvalue weighted by Crippen LogP contribution is 2.34. The third kappa shape index (κ3) is 2.74. The number of rotatable bonds is 3. The minimum atomic E-state index is -0.895. The van der Waals surface area contributed by atoms with Crippen LogP contribution in [-0.4, -0.2) is 48.8 Å². The number of esters is 1. The van der Waals surface area contributed by atoms with Gasteiger partial charge in [-0.2, -0.15) is 0 Å². The van der Waals surface area contributed by atoms with Crippen molar-refractivity contribution >= 4 is 5.97 Å². The number of carbonyl (C=O) groups excluding carboxylic acids is 1. The van der Waals surface area contributed by atoms with Crippen LogP contribution in [0.1, 0.15) is 26.7 Å². The molecule has 0 spiro atoms. The van der Waals surface area contributed by atoms with Gasteiger partial charge in [0.05, 0.1) is 18.6 Å². The molecule has 0 radical (unpaired) electrons. The summed E-state index contributed by atoms with van der Waals surface area (Å²) in [5, 5.41) is 10.6. The molecule has 4 nitrogen and oxygen atoms in total. The summed E-state index contributed by atoms with van der Waals surface area (Å²) < 4.78 is 4.81. The standard InChI is InChI=1S/C12H23NO3/c1-9(2)10(11(14)16-4)12(15)5-7-13(3)8-6-12/h9-10,15H,5-8H2,1-4H3. The average molecular weight is 229 g/mol. The van der Waals surface area contributed by atoms with Gasteiger partial charge in [-0.3, -0.25) is 4.79 Å². The van der Waals surface area contributed by atoms with Crippen LogP contribution in [0.2, 0.25) is 0 Å². The Morgan fingerprint density at radius 2 is 1.88 bits per heavy atom. The smallest absolute Gasteiger partial charge is 0.311 e. The van der Waals surface area contributed by atoms with Crippen LogP contribution in [0.25, 0.3) is 0 Å². The summed E-state index contributed by atoms with van der Waals surface area (Å²) in [5.74, 6) is -0.603. The Morgan fingerprint density at radius 1 is 1.38 bits per heavy atom. The normalized spacial score (nSPS) is 23.1. The molecule has 0 amide bonds. The molecule has 1 atom stereocenters. The number of piperidine rings is 1. The lowest BCUT2D eigenvalue weighted by atomic mass is 9.74. The van der Waals surface area contributed by atoms with Gasteiger partial charge in [0, 0.05) is 13.1 Å². The SMILES string of the molecule is COC(=O)C(C(C)C)C1(O)CCN(C)CC1. The largest absolute Gasteiger partial charge is 0.469 e. The highest BCUT2D eigenvalue weighted by atomic mass is 16.5. The molecule has 0 aromatic carbocycles. The highest BCUT2D eigenvalue weighted by Gasteiger charge is 2.45. The third-order valence-electron chi connectivity index (χ3n) is 3.55. The van der Waals surface area contributed by atoms with Crippen LogP contribution in [0.3, 0.4) is 0 Å². The van der Waals surface area contributed by atoms with Crippen LogP contribution in [-0.2, 0) is 9.53 Å². The lowest BCUT2D eigenvalue weighted by Gasteiger charge is -2.42. The summed E-state index contributed by atoms with van der Waals surface area (Å²) in [6, 6.07) is 0. The van der Waals surface area contributed by atoms with E-state index in [2.05, 4.69) is 4.90 Å². The molecule has 1 N–H and O–H groups in total. The first-order valence-corrected chi connectivity index (χ1v) is 5.89. The Balaban J connectivity index is 2.81. The van der Waals surface area contributed by atoms with E-state index in [0.29, 0.717) is 12.8 Å². The van der Waals surface area contributed by atoms with Crippen LogP contribution in [0.4, 0.5) is 0 Å². The van der Waals surface area contributed by atoms with E-state index in [9.17, 15) is 9.90 Å². The number of likely N-dealkylation sites (tertiary alicyclic amines) is 1. The summed E-state index contributed by atoms with van der Waals surface area (Å²) in [7, 11) is 3.41. The van der Waals surface area contributed by atoms with Gasteiger partial charge in [-0.15, -0.1) is 0 Å². The molecule has 1 unspecified atom stereocenters. The maximum Gasteiger partial charge on any atom is 0.311 e. The lowest BCUT2D eigenvalue weighted by molar-refractivity contribution is -0.163. The van der Waals surface area contributed by atoms with Crippen LogP contribution in [0, 0.1) is 11.8 Å². The summed E-state index contributed by atoms with van der Waals surface area (Å²) in [4.78, 5) is 13.9. The minimum Gasteiger partial charge on any atom is -0.469 e. The first-order valence-electron chi connectivity index (χ1n) is 5.89. The van der Waals surface area contributed by atoms with Gasteiger partial charge in [-0.25, -0.2) is 0 Å². The summed E-state index contributed by atoms with van der Waals surface area (Å²) in [6.07, 6.45) is 1.28. The van der Waals surface area contributed by atoms with Gasteiger partial charge in [0.25, 0.3) is 0 Å². The zero-order valence-electron chi connectivity index (χ0n) is 10.7. The number of methoxy groups -OCH3 is 1. The van der Waals surface area contributed by atoms with Gasteiger partial charge in [-0.05, 0) is 25.8 Å². The average Bonchev–Trinajstić information content (AvgIpc) is 2.22. The molecular formula is C12H23NO3. The molecule has 0 aromatic heterocycles. The summed E-state index contributed by atoms with van der Waals surface area (Å²) in [5.41, 5.74) is -0.895. The van der Waals surface area contributed by atoms with Gasteiger partial charge < -0.3 is 14.7 Å². The minimum absolute atomic E-state index is 0.0980. The van der Waals surface area contributed by atoms with E-state index in [0.717, 1.165) is 13.1 Å². The van der Waals surface area contributed by atoms with E-state index in [-0.39, 0.29) is 11.9 Å². The molecule has 94 valence electrons. The zero-order valence-corrected chi connectivity index (χ0v) is 10.7. The first kappa shape index (κ1) is 13.5. The second kappa shape index (κ2) is 5.15. The summed E-state index contributed by atoms with van der Waals surface area (Å²) >= 11 is 0. The number of nitrogens with zero attached hydrogens (tertiary/aromatic N) is 1. The fourth-order valence-electron chi connectivity index (χ4n) is 2.56. The Morgan fingerprint density at radius 3 is 2.25 bits per heavy atom. The molecule has 1 rings (SSSR count). The Labute approximate surface area is 97.6 Å². The number of hydrogen-bond acceptors (Lipinski definition) is 4. The Bertz CT molecular complexity index is 245. The van der Waals surface area contributed by atoms with Crippen LogP contribution < -0.4 is 0 Å². The molecule has 0 aliphatic carbocycles. The van der Waals surface area contributed by atoms with Gasteiger partial charge in [-0.1, -0.05) is 13.8 Å². The molecule has 1 heterocycles. The van der Waals surface area contributed by atoms with Crippen molar-refractivity contribution in [3.05, 3.63) is 0 Å². The maximum absolute atomic E-state index is 11.7. The highest BCUT2D eigenvalue weighted by molar-refractivity contribution is 5.74. The van der Waals surface area contributed by atoms with Crippen molar-refractivity contribution < 1.29 is 14.6 Å². The lowest BCUT2D eigenvalue weighted by Crippen LogP contribution is -2.52. The van der Waals surface area contributed by atoms with E-state index < -0.39 is 11.5 Å². The van der Waals surface area contributed by atoms with Gasteiger partial charge in [0.2, 0.25) is 0 Å². The van der Waals surface area contributed by atoms with Crippen LogP contribution in [0.5, 0.6) is 0 Å². The van der Waals surface area contributed by atoms with E-state index in [1.54, 1.807) is 0 Å². The van der Waals surface area contributed by atoms with Crippen LogP contribution in [0.15, 0.2) is 0 Å². The molecule has 0 bridgehead atoms. The fourth-order valence-corrected chi connectivity index (χ4v) is 2.56. The molecule has 1 fully saturated rings. The molecule has 1 saturated heterocycles. The number of hydrogen-bond donors (Lipinski definition) is 1. The third-order valence-corrected chi connectivity index (χ3v) is 3.55. The van der Waals surface area contributed by atoms with Gasteiger partial charge >= 0.3 is 5.97 Å². The van der Waals surface area contributed by atoms with Crippen molar-refractivity contribution in [2.75, 3.05) is 27.2 Å². The van der Waals surface area contributed by atoms with E-state index in [1.807, 2.05) is 20.9 Å². The van der Waals surface area contributed by atoms with Crippen molar-refractivity contribution in [1.82, 2.24) is 4.90 Å². The second-order valence-corrected chi connectivity index (χ2v) is 5.15. The molecule has 4 heteroatoms. The van der Waals surface area contributed by atoms with Gasteiger partial charge in [0.1, 0.15) is 0 Å². The molecule has 1 aliphatic heterocycles. The van der Waals surface area contributed by atoms with Crippen molar-refractivity contribution in [2.45, 2.75) is 32.3 Å². The number of carbonyl (C=O) groups is 1. The Kier molecular flexibility index (Phi) is 4.33. The summed E-state index contributed by atoms with van der Waals surface area (Å²) in [6.45, 7) is 5.57. The second-order valence-electron chi connectivity index (χ2n) is 5.15. The molecule has 1 aliphatic rings. The van der Waals surface area contributed by atoms with E-state index in [4.69, 9.17) is 4.74 Å². The van der Waals surface area contributed by atoms with E-state index in [1.165, 1.54) is 7.11 Å². The first-order chi connectivity index (χ1) is 7.40. The number of aliphatic hydroxyl groups is 1. The molecule has 0 saturated carbocycles. The Hall–Kier alpha value is -0.610. The van der Waals surface area contributed by atoms with Crippen molar-refractivity contribution in [3.8, 4) is 0 Å². The van der Waals surface area contributed by atoms with Crippen molar-refractivity contribution in [2.24, 2.45) is 11.8 Å². The quantitative estimate of drug-likeness (QED) is 0.730. The van der Waals surface area contributed by atoms with Gasteiger partial charge in [0.15, 0.2) is 0 Å². The van der Waals surface area contributed by atoms with E-state index >= 15 is 0 Å². The maximum atomic E-state index is 11.7. The predicted octanol–water partition coefficient (Wildman–Crippen LogP) is 0.888. The topological polar surface area (TPSA) is 49.8 Å². The fraction of sp³-hybridized carbons (Fsp3) is 0.917.